The van der Waals surface area contributed by atoms with E-state index in [-0.39, 0.29) is 5.91 Å². The fourth-order valence-electron chi connectivity index (χ4n) is 3.58. The highest BCUT2D eigenvalue weighted by molar-refractivity contribution is 6.00. The average Bonchev–Trinajstić information content (AvgIpc) is 2.85. The first-order valence-electron chi connectivity index (χ1n) is 6.37. The van der Waals surface area contributed by atoms with Crippen molar-refractivity contribution in [2.45, 2.75) is 18.8 Å². The number of benzene rings is 1. The minimum atomic E-state index is -0.301. The van der Waals surface area contributed by atoms with Crippen LogP contribution in [0.1, 0.15) is 24.3 Å². The number of hydrogen-bond donors (Lipinski definition) is 1. The second-order valence-corrected chi connectivity index (χ2v) is 5.11. The predicted molar refractivity (Wildman–Crippen MR) is 70.1 cm³/mol. The molecule has 4 aliphatic rings. The Balaban J connectivity index is 1.92. The molecule has 0 fully saturated rings. The number of rotatable bonds is 1. The molecule has 1 atom stereocenters. The first-order chi connectivity index (χ1) is 8.77. The molecule has 3 heteroatoms. The number of nitrogens with two attached hydrogens (primary N) is 1. The molecule has 3 heterocycles. The van der Waals surface area contributed by atoms with Gasteiger partial charge in [0.05, 0.1) is 11.3 Å². The van der Waals surface area contributed by atoms with Crippen molar-refractivity contribution in [3.8, 4) is 0 Å². The largest absolute Gasteiger partial charge is 0.366 e. The Morgan fingerprint density at radius 3 is 3.00 bits per heavy atom. The van der Waals surface area contributed by atoms with Crippen LogP contribution in [-0.2, 0) is 4.79 Å². The minimum Gasteiger partial charge on any atom is -0.366 e. The second kappa shape index (κ2) is 3.25. The molecule has 2 bridgehead atoms. The van der Waals surface area contributed by atoms with Crippen molar-refractivity contribution in [2.24, 2.45) is 5.73 Å². The van der Waals surface area contributed by atoms with Crippen LogP contribution in [0.4, 0.5) is 5.69 Å². The zero-order valence-corrected chi connectivity index (χ0v) is 10.0. The fraction of sp³-hybridized carbons (Fsp3) is 0.267. The maximum absolute atomic E-state index is 11.5. The zero-order valence-electron chi connectivity index (χ0n) is 10.0. The van der Waals surface area contributed by atoms with E-state index < -0.39 is 0 Å². The summed E-state index contributed by atoms with van der Waals surface area (Å²) in [7, 11) is 0. The molecular weight excluding hydrogens is 224 g/mol. The van der Waals surface area contributed by atoms with Gasteiger partial charge in [-0.25, -0.2) is 0 Å². The maximum atomic E-state index is 11.5. The van der Waals surface area contributed by atoms with Crippen LogP contribution in [0.5, 0.6) is 0 Å². The molecule has 1 unspecified atom stereocenters. The van der Waals surface area contributed by atoms with Gasteiger partial charge in [0.15, 0.2) is 0 Å². The summed E-state index contributed by atoms with van der Waals surface area (Å²) in [6.07, 6.45) is 4.02. The number of fused-ring (bicyclic) bond motifs is 1. The summed E-state index contributed by atoms with van der Waals surface area (Å²) in [5.41, 5.74) is 11.3. The van der Waals surface area contributed by atoms with Gasteiger partial charge >= 0.3 is 0 Å². The minimum absolute atomic E-state index is 0.301. The Bertz CT molecular complexity index is 627. The van der Waals surface area contributed by atoms with E-state index in [4.69, 9.17) is 5.73 Å². The van der Waals surface area contributed by atoms with E-state index in [1.54, 1.807) is 0 Å². The SMILES string of the molecule is NC(=O)C1=CCC2=C1N1CCC2c2ccccc21. The second-order valence-electron chi connectivity index (χ2n) is 5.11. The molecule has 0 saturated carbocycles. The highest BCUT2D eigenvalue weighted by atomic mass is 16.1. The summed E-state index contributed by atoms with van der Waals surface area (Å²) in [6, 6.07) is 8.50. The molecular formula is C15H14N2O. The average molecular weight is 238 g/mol. The molecule has 3 aliphatic heterocycles. The molecule has 0 saturated heterocycles. The summed E-state index contributed by atoms with van der Waals surface area (Å²) < 4.78 is 0. The van der Waals surface area contributed by atoms with Crippen molar-refractivity contribution < 1.29 is 4.79 Å². The molecule has 1 aliphatic carbocycles. The van der Waals surface area contributed by atoms with Crippen LogP contribution >= 0.6 is 0 Å². The lowest BCUT2D eigenvalue weighted by Crippen LogP contribution is -2.38. The smallest absolute Gasteiger partial charge is 0.250 e. The van der Waals surface area contributed by atoms with E-state index in [0.717, 1.165) is 25.1 Å². The van der Waals surface area contributed by atoms with Gasteiger partial charge < -0.3 is 10.6 Å². The molecule has 1 amide bonds. The van der Waals surface area contributed by atoms with Crippen molar-refractivity contribution in [3.05, 3.63) is 52.7 Å². The number of amides is 1. The monoisotopic (exact) mass is 238 g/mol. The van der Waals surface area contributed by atoms with Crippen LogP contribution in [0.15, 0.2) is 47.2 Å². The maximum Gasteiger partial charge on any atom is 0.250 e. The molecule has 5 rings (SSSR count). The highest BCUT2D eigenvalue weighted by Crippen LogP contribution is 2.52. The Morgan fingerprint density at radius 1 is 1.33 bits per heavy atom. The van der Waals surface area contributed by atoms with Gasteiger partial charge in [-0.15, -0.1) is 0 Å². The normalized spacial score (nSPS) is 23.9. The Labute approximate surface area is 106 Å². The van der Waals surface area contributed by atoms with E-state index in [2.05, 4.69) is 29.2 Å². The van der Waals surface area contributed by atoms with E-state index in [1.165, 1.54) is 16.8 Å². The van der Waals surface area contributed by atoms with E-state index >= 15 is 0 Å². The van der Waals surface area contributed by atoms with E-state index in [0.29, 0.717) is 11.5 Å². The number of carbonyl (C=O) groups excluding carboxylic acids is 1. The molecule has 3 nitrogen and oxygen atoms in total. The predicted octanol–water partition coefficient (Wildman–Crippen LogP) is 2.06. The van der Waals surface area contributed by atoms with E-state index in [1.807, 2.05) is 6.08 Å². The van der Waals surface area contributed by atoms with Gasteiger partial charge in [0.2, 0.25) is 0 Å². The molecule has 0 aromatic heterocycles. The van der Waals surface area contributed by atoms with Crippen LogP contribution in [0.2, 0.25) is 0 Å². The third kappa shape index (κ3) is 1.07. The third-order valence-electron chi connectivity index (χ3n) is 4.29. The third-order valence-corrected chi connectivity index (χ3v) is 4.29. The number of anilines is 1. The molecule has 0 radical (unpaired) electrons. The number of primary amides is 1. The van der Waals surface area contributed by atoms with Crippen LogP contribution < -0.4 is 10.6 Å². The summed E-state index contributed by atoms with van der Waals surface area (Å²) in [5.74, 6) is 0.180. The number of para-hydroxylation sites is 1. The Hall–Kier alpha value is -2.03. The quantitative estimate of drug-likeness (QED) is 0.814. The van der Waals surface area contributed by atoms with E-state index in [9.17, 15) is 4.79 Å². The number of nitrogens with zero attached hydrogens (tertiary/aromatic N) is 1. The van der Waals surface area contributed by atoms with Gasteiger partial charge in [-0.3, -0.25) is 4.79 Å². The zero-order chi connectivity index (χ0) is 12.3. The van der Waals surface area contributed by atoms with Gasteiger partial charge in [-0.05, 0) is 30.0 Å². The summed E-state index contributed by atoms with van der Waals surface area (Å²) in [5, 5.41) is 0. The van der Waals surface area contributed by atoms with Crippen LogP contribution in [0.25, 0.3) is 0 Å². The van der Waals surface area contributed by atoms with Crippen molar-refractivity contribution >= 4 is 11.6 Å². The molecule has 2 N–H and O–H groups in total. The van der Waals surface area contributed by atoms with Gasteiger partial charge in [0.1, 0.15) is 0 Å². The number of allylic oxidation sites excluding steroid dienone is 2. The van der Waals surface area contributed by atoms with Crippen LogP contribution in [0.3, 0.4) is 0 Å². The van der Waals surface area contributed by atoms with Gasteiger partial charge in [-0.1, -0.05) is 24.3 Å². The first-order valence-corrected chi connectivity index (χ1v) is 6.37. The van der Waals surface area contributed by atoms with Crippen molar-refractivity contribution in [3.63, 3.8) is 0 Å². The molecule has 1 aromatic carbocycles. The molecule has 18 heavy (non-hydrogen) atoms. The standard InChI is InChI=1S/C15H14N2O/c16-15(18)12-6-5-11-9-7-8-17(14(11)12)13-4-2-1-3-10(9)13/h1-4,6,9H,5,7-8H2,(H2,16,18). The Morgan fingerprint density at radius 2 is 2.17 bits per heavy atom. The van der Waals surface area contributed by atoms with Crippen LogP contribution in [-0.4, -0.2) is 12.5 Å². The summed E-state index contributed by atoms with van der Waals surface area (Å²) in [4.78, 5) is 13.8. The Kier molecular flexibility index (Phi) is 1.80. The lowest BCUT2D eigenvalue weighted by Gasteiger charge is -2.43. The fourth-order valence-corrected chi connectivity index (χ4v) is 3.58. The lowest BCUT2D eigenvalue weighted by molar-refractivity contribution is -0.114. The topological polar surface area (TPSA) is 46.3 Å². The number of hydrogen-bond acceptors (Lipinski definition) is 2. The van der Waals surface area contributed by atoms with Crippen molar-refractivity contribution in [1.82, 2.24) is 0 Å². The summed E-state index contributed by atoms with van der Waals surface area (Å²) in [6.45, 7) is 0.991. The van der Waals surface area contributed by atoms with Crippen molar-refractivity contribution in [2.75, 3.05) is 11.4 Å². The number of carbonyl (C=O) groups is 1. The van der Waals surface area contributed by atoms with Gasteiger partial charge in [-0.2, -0.15) is 0 Å². The van der Waals surface area contributed by atoms with Crippen LogP contribution in [0, 0.1) is 0 Å². The lowest BCUT2D eigenvalue weighted by atomic mass is 9.78. The highest BCUT2D eigenvalue weighted by Gasteiger charge is 2.41. The van der Waals surface area contributed by atoms with Gasteiger partial charge in [0.25, 0.3) is 5.91 Å². The van der Waals surface area contributed by atoms with Gasteiger partial charge in [0, 0.05) is 18.2 Å². The summed E-state index contributed by atoms with van der Waals surface area (Å²) >= 11 is 0. The molecule has 90 valence electrons. The van der Waals surface area contributed by atoms with Crippen molar-refractivity contribution in [1.29, 1.82) is 0 Å². The molecule has 0 spiro atoms. The molecule has 1 aromatic rings. The first kappa shape index (κ1) is 9.95.